The second-order valence-corrected chi connectivity index (χ2v) is 3.47. The van der Waals surface area contributed by atoms with Crippen molar-refractivity contribution in [2.45, 2.75) is 11.3 Å². The van der Waals surface area contributed by atoms with Gasteiger partial charge in [-0.2, -0.15) is 5.26 Å². The Balaban J connectivity index is 3.40. The van der Waals surface area contributed by atoms with Crippen LogP contribution in [0.2, 0.25) is 0 Å². The molecule has 1 rings (SSSR count). The van der Waals surface area contributed by atoms with E-state index in [4.69, 9.17) is 5.26 Å². The van der Waals surface area contributed by atoms with Gasteiger partial charge >= 0.3 is 12.3 Å². The SMILES string of the molecule is COC(=O)c1c(S)ccc(OC(F)(F)F)c1C#N. The van der Waals surface area contributed by atoms with Crippen LogP contribution in [0.4, 0.5) is 13.2 Å². The molecule has 96 valence electrons. The Labute approximate surface area is 105 Å². The van der Waals surface area contributed by atoms with Gasteiger partial charge in [0.2, 0.25) is 0 Å². The van der Waals surface area contributed by atoms with Crippen LogP contribution in [-0.2, 0) is 4.74 Å². The predicted molar refractivity (Wildman–Crippen MR) is 56.4 cm³/mol. The number of carbonyl (C=O) groups is 1. The number of carbonyl (C=O) groups excluding carboxylic acids is 1. The summed E-state index contributed by atoms with van der Waals surface area (Å²) >= 11 is 3.88. The summed E-state index contributed by atoms with van der Waals surface area (Å²) in [4.78, 5) is 11.4. The van der Waals surface area contributed by atoms with E-state index in [1.54, 1.807) is 0 Å². The molecule has 0 aliphatic carbocycles. The summed E-state index contributed by atoms with van der Waals surface area (Å²) in [5, 5.41) is 8.83. The molecule has 0 fully saturated rings. The van der Waals surface area contributed by atoms with Gasteiger partial charge in [0.25, 0.3) is 0 Å². The number of rotatable bonds is 2. The molecule has 4 nitrogen and oxygen atoms in total. The van der Waals surface area contributed by atoms with E-state index in [-0.39, 0.29) is 10.5 Å². The van der Waals surface area contributed by atoms with E-state index in [1.165, 1.54) is 6.07 Å². The molecular formula is C10H6F3NO3S. The van der Waals surface area contributed by atoms with E-state index >= 15 is 0 Å². The van der Waals surface area contributed by atoms with Crippen molar-refractivity contribution in [3.05, 3.63) is 23.3 Å². The minimum Gasteiger partial charge on any atom is -0.465 e. The lowest BCUT2D eigenvalue weighted by Gasteiger charge is -2.13. The largest absolute Gasteiger partial charge is 0.573 e. The van der Waals surface area contributed by atoms with Crippen LogP contribution in [0.5, 0.6) is 5.75 Å². The minimum atomic E-state index is -4.96. The van der Waals surface area contributed by atoms with Crippen LogP contribution in [0.1, 0.15) is 15.9 Å². The third-order valence-electron chi connectivity index (χ3n) is 1.87. The highest BCUT2D eigenvalue weighted by Gasteiger charge is 2.33. The van der Waals surface area contributed by atoms with Crippen molar-refractivity contribution < 1.29 is 27.4 Å². The highest BCUT2D eigenvalue weighted by atomic mass is 32.1. The molecule has 0 bridgehead atoms. The number of hydrogen-bond donors (Lipinski definition) is 1. The molecule has 0 spiro atoms. The number of ether oxygens (including phenoxy) is 2. The maximum atomic E-state index is 12.1. The fraction of sp³-hybridized carbons (Fsp3) is 0.200. The van der Waals surface area contributed by atoms with Gasteiger partial charge in [0, 0.05) is 4.90 Å². The van der Waals surface area contributed by atoms with Crippen LogP contribution >= 0.6 is 12.6 Å². The third kappa shape index (κ3) is 3.07. The van der Waals surface area contributed by atoms with Crippen molar-refractivity contribution in [3.63, 3.8) is 0 Å². The Morgan fingerprint density at radius 3 is 2.50 bits per heavy atom. The number of hydrogen-bond acceptors (Lipinski definition) is 5. The number of alkyl halides is 3. The number of nitriles is 1. The topological polar surface area (TPSA) is 59.3 Å². The predicted octanol–water partition coefficient (Wildman–Crippen LogP) is 2.53. The lowest BCUT2D eigenvalue weighted by Crippen LogP contribution is -2.19. The zero-order chi connectivity index (χ0) is 13.9. The van der Waals surface area contributed by atoms with Gasteiger partial charge in [0.15, 0.2) is 0 Å². The normalized spacial score (nSPS) is 10.7. The number of thiol groups is 1. The van der Waals surface area contributed by atoms with E-state index in [0.29, 0.717) is 0 Å². The molecule has 0 aromatic heterocycles. The fourth-order valence-electron chi connectivity index (χ4n) is 1.20. The van der Waals surface area contributed by atoms with E-state index in [0.717, 1.165) is 19.2 Å². The number of esters is 1. The molecule has 0 aliphatic heterocycles. The maximum Gasteiger partial charge on any atom is 0.573 e. The highest BCUT2D eigenvalue weighted by molar-refractivity contribution is 7.80. The molecule has 8 heteroatoms. The van der Waals surface area contributed by atoms with Gasteiger partial charge in [0.05, 0.1) is 12.7 Å². The first-order valence-corrected chi connectivity index (χ1v) is 4.85. The molecular weight excluding hydrogens is 271 g/mol. The van der Waals surface area contributed by atoms with Crippen molar-refractivity contribution in [1.29, 1.82) is 5.26 Å². The number of nitrogens with zero attached hydrogens (tertiary/aromatic N) is 1. The van der Waals surface area contributed by atoms with Crippen LogP contribution in [-0.4, -0.2) is 19.4 Å². The molecule has 0 saturated carbocycles. The Morgan fingerprint density at radius 2 is 2.06 bits per heavy atom. The Hall–Kier alpha value is -1.88. The molecule has 0 amide bonds. The lowest BCUT2D eigenvalue weighted by molar-refractivity contribution is -0.274. The first-order chi connectivity index (χ1) is 8.30. The summed E-state index contributed by atoms with van der Waals surface area (Å²) in [5.74, 6) is -1.74. The Kier molecular flexibility index (Phi) is 4.08. The zero-order valence-corrected chi connectivity index (χ0v) is 9.80. The van der Waals surface area contributed by atoms with Crippen LogP contribution in [0, 0.1) is 11.3 Å². The Morgan fingerprint density at radius 1 is 1.44 bits per heavy atom. The van der Waals surface area contributed by atoms with Gasteiger partial charge in [-0.05, 0) is 12.1 Å². The van der Waals surface area contributed by atoms with Gasteiger partial charge < -0.3 is 9.47 Å². The monoisotopic (exact) mass is 277 g/mol. The summed E-state index contributed by atoms with van der Waals surface area (Å²) in [6.07, 6.45) is -4.96. The van der Waals surface area contributed by atoms with Crippen molar-refractivity contribution >= 4 is 18.6 Å². The average Bonchev–Trinajstić information content (AvgIpc) is 2.28. The first-order valence-electron chi connectivity index (χ1n) is 4.40. The molecule has 1 aromatic rings. The molecule has 0 N–H and O–H groups in total. The van der Waals surface area contributed by atoms with E-state index in [1.807, 2.05) is 0 Å². The van der Waals surface area contributed by atoms with Crippen molar-refractivity contribution in [3.8, 4) is 11.8 Å². The second-order valence-electron chi connectivity index (χ2n) is 2.98. The summed E-state index contributed by atoms with van der Waals surface area (Å²) < 4.78 is 44.3. The molecule has 1 aromatic carbocycles. The number of methoxy groups -OCH3 is 1. The van der Waals surface area contributed by atoms with E-state index in [9.17, 15) is 18.0 Å². The summed E-state index contributed by atoms with van der Waals surface area (Å²) in [7, 11) is 1.04. The highest BCUT2D eigenvalue weighted by Crippen LogP contribution is 2.31. The first kappa shape index (κ1) is 14.2. The standard InChI is InChI=1S/C10H6F3NO3S/c1-16-9(15)8-5(4-14)6(2-3-7(8)18)17-10(11,12)13/h2-3,18H,1H3. The summed E-state index contributed by atoms with van der Waals surface area (Å²) in [6.45, 7) is 0. The minimum absolute atomic E-state index is 0.0212. The molecule has 18 heavy (non-hydrogen) atoms. The van der Waals surface area contributed by atoms with Gasteiger partial charge in [-0.25, -0.2) is 4.79 Å². The van der Waals surface area contributed by atoms with E-state index < -0.39 is 23.6 Å². The quantitative estimate of drug-likeness (QED) is 0.666. The van der Waals surface area contributed by atoms with Gasteiger partial charge in [-0.1, -0.05) is 0 Å². The third-order valence-corrected chi connectivity index (χ3v) is 2.24. The second kappa shape index (κ2) is 5.18. The molecule has 0 saturated heterocycles. The van der Waals surface area contributed by atoms with Crippen molar-refractivity contribution in [1.82, 2.24) is 0 Å². The van der Waals surface area contributed by atoms with Crippen LogP contribution < -0.4 is 4.74 Å². The lowest BCUT2D eigenvalue weighted by atomic mass is 10.1. The van der Waals surface area contributed by atoms with Crippen LogP contribution in [0.15, 0.2) is 17.0 Å². The van der Waals surface area contributed by atoms with Crippen LogP contribution in [0.3, 0.4) is 0 Å². The molecule has 0 aliphatic rings. The molecule has 0 radical (unpaired) electrons. The summed E-state index contributed by atoms with van der Waals surface area (Å²) in [6, 6.07) is 3.48. The average molecular weight is 277 g/mol. The fourth-order valence-corrected chi connectivity index (χ4v) is 1.48. The number of benzene rings is 1. The molecule has 0 unspecified atom stereocenters. The Bertz CT molecular complexity index is 522. The van der Waals surface area contributed by atoms with Gasteiger partial charge in [0.1, 0.15) is 17.4 Å². The maximum absolute atomic E-state index is 12.1. The van der Waals surface area contributed by atoms with Gasteiger partial charge in [-0.3, -0.25) is 0 Å². The smallest absolute Gasteiger partial charge is 0.465 e. The number of halogens is 3. The van der Waals surface area contributed by atoms with Gasteiger partial charge in [-0.15, -0.1) is 25.8 Å². The molecule has 0 heterocycles. The van der Waals surface area contributed by atoms with Crippen molar-refractivity contribution in [2.24, 2.45) is 0 Å². The molecule has 0 atom stereocenters. The summed E-state index contributed by atoms with van der Waals surface area (Å²) in [5.41, 5.74) is -0.947. The van der Waals surface area contributed by atoms with E-state index in [2.05, 4.69) is 22.1 Å². The van der Waals surface area contributed by atoms with Crippen molar-refractivity contribution in [2.75, 3.05) is 7.11 Å². The van der Waals surface area contributed by atoms with Crippen LogP contribution in [0.25, 0.3) is 0 Å². The zero-order valence-electron chi connectivity index (χ0n) is 8.91.